The van der Waals surface area contributed by atoms with E-state index >= 15 is 0 Å². The molecule has 124 valence electrons. The summed E-state index contributed by atoms with van der Waals surface area (Å²) in [7, 11) is 2.07. The minimum atomic E-state index is 0.0466. The van der Waals surface area contributed by atoms with Crippen LogP contribution in [0.4, 0.5) is 5.82 Å². The first-order valence-electron chi connectivity index (χ1n) is 8.10. The number of hydrogen-bond acceptors (Lipinski definition) is 6. The van der Waals surface area contributed by atoms with E-state index in [1.54, 1.807) is 4.52 Å². The zero-order valence-corrected chi connectivity index (χ0v) is 13.6. The molecule has 4 rings (SSSR count). The van der Waals surface area contributed by atoms with Gasteiger partial charge in [-0.25, -0.2) is 0 Å². The van der Waals surface area contributed by atoms with Gasteiger partial charge in [-0.15, -0.1) is 15.3 Å². The smallest absolute Gasteiger partial charge is 0.185 e. The van der Waals surface area contributed by atoms with Crippen molar-refractivity contribution in [2.45, 2.75) is 6.04 Å². The number of piperazine rings is 1. The van der Waals surface area contributed by atoms with Crippen molar-refractivity contribution in [3.63, 3.8) is 0 Å². The molecule has 0 aliphatic carbocycles. The van der Waals surface area contributed by atoms with Gasteiger partial charge in [-0.3, -0.25) is 0 Å². The Bertz CT molecular complexity index is 833. The van der Waals surface area contributed by atoms with Crippen LogP contribution in [0.1, 0.15) is 0 Å². The normalized spacial score (nSPS) is 19.1. The van der Waals surface area contributed by atoms with Crippen LogP contribution in [-0.2, 0) is 0 Å². The number of aromatic nitrogens is 4. The Kier molecular flexibility index (Phi) is 3.87. The van der Waals surface area contributed by atoms with Crippen molar-refractivity contribution in [1.82, 2.24) is 24.7 Å². The molecule has 1 unspecified atom stereocenters. The largest absolute Gasteiger partial charge is 0.394 e. The van der Waals surface area contributed by atoms with E-state index in [-0.39, 0.29) is 12.6 Å². The van der Waals surface area contributed by atoms with Crippen molar-refractivity contribution in [2.24, 2.45) is 0 Å². The number of likely N-dealkylation sites (N-methyl/N-ethyl adjacent to an activating group) is 1. The zero-order valence-electron chi connectivity index (χ0n) is 13.6. The summed E-state index contributed by atoms with van der Waals surface area (Å²) in [5, 5.41) is 22.9. The first-order valence-corrected chi connectivity index (χ1v) is 8.10. The predicted molar refractivity (Wildman–Crippen MR) is 91.9 cm³/mol. The van der Waals surface area contributed by atoms with Crippen LogP contribution in [0.3, 0.4) is 0 Å². The molecule has 0 saturated carbocycles. The topological polar surface area (TPSA) is 69.8 Å². The van der Waals surface area contributed by atoms with Crippen LogP contribution in [0.15, 0.2) is 42.5 Å². The highest BCUT2D eigenvalue weighted by Crippen LogP contribution is 2.21. The average molecular weight is 324 g/mol. The number of nitrogens with zero attached hydrogens (tertiary/aromatic N) is 6. The second-order valence-electron chi connectivity index (χ2n) is 6.14. The van der Waals surface area contributed by atoms with Crippen molar-refractivity contribution < 1.29 is 5.11 Å². The van der Waals surface area contributed by atoms with Crippen LogP contribution in [0, 0.1) is 0 Å². The molecule has 3 heterocycles. The lowest BCUT2D eigenvalue weighted by Gasteiger charge is -2.39. The lowest BCUT2D eigenvalue weighted by Crippen LogP contribution is -2.54. The molecule has 0 spiro atoms. The second-order valence-corrected chi connectivity index (χ2v) is 6.14. The number of rotatable bonds is 3. The number of aliphatic hydroxyl groups is 1. The van der Waals surface area contributed by atoms with Gasteiger partial charge >= 0.3 is 0 Å². The van der Waals surface area contributed by atoms with Crippen molar-refractivity contribution in [2.75, 3.05) is 38.2 Å². The maximum Gasteiger partial charge on any atom is 0.185 e. The number of fused-ring (bicyclic) bond motifs is 1. The summed E-state index contributed by atoms with van der Waals surface area (Å²) in [5.41, 5.74) is 1.69. The summed E-state index contributed by atoms with van der Waals surface area (Å²) >= 11 is 0. The molecule has 0 amide bonds. The molecular weight excluding hydrogens is 304 g/mol. The Morgan fingerprint density at radius 2 is 1.92 bits per heavy atom. The molecule has 7 heteroatoms. The minimum Gasteiger partial charge on any atom is -0.394 e. The molecule has 1 aliphatic heterocycles. The molecule has 1 aromatic carbocycles. The molecule has 24 heavy (non-hydrogen) atoms. The van der Waals surface area contributed by atoms with Crippen molar-refractivity contribution in [1.29, 1.82) is 0 Å². The van der Waals surface area contributed by atoms with E-state index in [4.69, 9.17) is 5.10 Å². The van der Waals surface area contributed by atoms with E-state index in [1.807, 2.05) is 42.5 Å². The van der Waals surface area contributed by atoms with Crippen LogP contribution < -0.4 is 4.90 Å². The second kappa shape index (κ2) is 6.18. The molecule has 2 aromatic heterocycles. The first kappa shape index (κ1) is 15.0. The van der Waals surface area contributed by atoms with Crippen LogP contribution in [0.25, 0.3) is 17.0 Å². The van der Waals surface area contributed by atoms with E-state index < -0.39 is 0 Å². The number of aliphatic hydroxyl groups excluding tert-OH is 1. The van der Waals surface area contributed by atoms with Crippen molar-refractivity contribution in [3.8, 4) is 11.4 Å². The maximum absolute atomic E-state index is 9.72. The van der Waals surface area contributed by atoms with Crippen LogP contribution in [0.2, 0.25) is 0 Å². The summed E-state index contributed by atoms with van der Waals surface area (Å²) < 4.78 is 1.78. The zero-order chi connectivity index (χ0) is 16.5. The van der Waals surface area contributed by atoms with Gasteiger partial charge < -0.3 is 14.9 Å². The Hall–Kier alpha value is -2.51. The quantitative estimate of drug-likeness (QED) is 0.772. The van der Waals surface area contributed by atoms with Crippen LogP contribution >= 0.6 is 0 Å². The van der Waals surface area contributed by atoms with Crippen LogP contribution in [0.5, 0.6) is 0 Å². The van der Waals surface area contributed by atoms with Gasteiger partial charge in [0.1, 0.15) is 5.82 Å². The van der Waals surface area contributed by atoms with Gasteiger partial charge in [0.05, 0.1) is 12.6 Å². The summed E-state index contributed by atoms with van der Waals surface area (Å²) in [6.45, 7) is 2.72. The summed E-state index contributed by atoms with van der Waals surface area (Å²) in [6, 6.07) is 13.8. The SMILES string of the molecule is CN1CCN(c2ccc3nnc(-c4ccccc4)n3n2)C(CO)C1. The molecular formula is C17H20N6O. The first-order chi connectivity index (χ1) is 11.8. The monoisotopic (exact) mass is 324 g/mol. The summed E-state index contributed by atoms with van der Waals surface area (Å²) in [6.07, 6.45) is 0. The third-order valence-corrected chi connectivity index (χ3v) is 4.47. The number of anilines is 1. The van der Waals surface area contributed by atoms with Gasteiger partial charge in [0, 0.05) is 25.2 Å². The van der Waals surface area contributed by atoms with Gasteiger partial charge in [-0.2, -0.15) is 4.52 Å². The fraction of sp³-hybridized carbons (Fsp3) is 0.353. The average Bonchev–Trinajstić information content (AvgIpc) is 3.05. The van der Waals surface area contributed by atoms with Gasteiger partial charge in [-0.05, 0) is 19.2 Å². The van der Waals surface area contributed by atoms with Crippen LogP contribution in [-0.4, -0.2) is 69.1 Å². The Balaban J connectivity index is 1.75. The van der Waals surface area contributed by atoms with Gasteiger partial charge in [-0.1, -0.05) is 30.3 Å². The molecule has 1 atom stereocenters. The fourth-order valence-corrected chi connectivity index (χ4v) is 3.17. The molecule has 1 aliphatic rings. The van der Waals surface area contributed by atoms with E-state index in [1.165, 1.54) is 0 Å². The van der Waals surface area contributed by atoms with Crippen molar-refractivity contribution in [3.05, 3.63) is 42.5 Å². The Morgan fingerprint density at radius 1 is 1.08 bits per heavy atom. The molecule has 7 nitrogen and oxygen atoms in total. The molecule has 3 aromatic rings. The number of hydrogen-bond donors (Lipinski definition) is 1. The number of benzene rings is 1. The summed E-state index contributed by atoms with van der Waals surface area (Å²) in [4.78, 5) is 4.39. The standard InChI is InChI=1S/C17H20N6O/c1-21-9-10-22(14(11-21)12-24)16-8-7-15-18-19-17(23(15)20-16)13-5-3-2-4-6-13/h2-8,14,24H,9-12H2,1H3. The van der Waals surface area contributed by atoms with Gasteiger partial charge in [0.15, 0.2) is 11.5 Å². The van der Waals surface area contributed by atoms with E-state index in [0.29, 0.717) is 5.65 Å². The maximum atomic E-state index is 9.72. The molecule has 0 radical (unpaired) electrons. The highest BCUT2D eigenvalue weighted by Gasteiger charge is 2.26. The molecule has 1 N–H and O–H groups in total. The van der Waals surface area contributed by atoms with Gasteiger partial charge in [0.25, 0.3) is 0 Å². The lowest BCUT2D eigenvalue weighted by atomic mass is 10.2. The minimum absolute atomic E-state index is 0.0466. The molecule has 0 bridgehead atoms. The predicted octanol–water partition coefficient (Wildman–Crippen LogP) is 0.904. The highest BCUT2D eigenvalue weighted by molar-refractivity contribution is 5.59. The Morgan fingerprint density at radius 3 is 2.71 bits per heavy atom. The third kappa shape index (κ3) is 2.61. The van der Waals surface area contributed by atoms with E-state index in [2.05, 4.69) is 27.0 Å². The highest BCUT2D eigenvalue weighted by atomic mass is 16.3. The van der Waals surface area contributed by atoms with Crippen molar-refractivity contribution >= 4 is 11.5 Å². The molecule has 1 fully saturated rings. The third-order valence-electron chi connectivity index (χ3n) is 4.47. The van der Waals surface area contributed by atoms with E-state index in [0.717, 1.165) is 36.8 Å². The van der Waals surface area contributed by atoms with E-state index in [9.17, 15) is 5.11 Å². The fourth-order valence-electron chi connectivity index (χ4n) is 3.17. The molecule has 1 saturated heterocycles. The lowest BCUT2D eigenvalue weighted by molar-refractivity contribution is 0.190. The summed E-state index contributed by atoms with van der Waals surface area (Å²) in [5.74, 6) is 1.56. The Labute approximate surface area is 140 Å². The van der Waals surface area contributed by atoms with Gasteiger partial charge in [0.2, 0.25) is 0 Å².